The van der Waals surface area contributed by atoms with Crippen LogP contribution in [0.25, 0.3) is 0 Å². The van der Waals surface area contributed by atoms with E-state index < -0.39 is 11.8 Å². The van der Waals surface area contributed by atoms with E-state index >= 15 is 0 Å². The summed E-state index contributed by atoms with van der Waals surface area (Å²) >= 11 is 0. The molecule has 0 bridgehead atoms. The Kier molecular flexibility index (Phi) is 5.39. The summed E-state index contributed by atoms with van der Waals surface area (Å²) in [4.78, 5) is 35.6. The predicted molar refractivity (Wildman–Crippen MR) is 104 cm³/mol. The number of hydrogen-bond donors (Lipinski definition) is 2. The highest BCUT2D eigenvalue weighted by Gasteiger charge is 2.34. The van der Waals surface area contributed by atoms with E-state index in [1.165, 1.54) is 6.20 Å². The number of nitrogen functional groups attached to an aromatic ring is 1. The second-order valence-corrected chi connectivity index (χ2v) is 7.30. The molecule has 2 aromatic heterocycles. The molecule has 3 rings (SSSR count). The van der Waals surface area contributed by atoms with Gasteiger partial charge in [-0.25, -0.2) is 4.98 Å². The van der Waals surface area contributed by atoms with Crippen molar-refractivity contribution in [2.24, 2.45) is 5.92 Å². The van der Waals surface area contributed by atoms with Gasteiger partial charge in [0.05, 0.1) is 23.6 Å². The lowest BCUT2D eigenvalue weighted by Gasteiger charge is -2.38. The molecule has 3 heterocycles. The van der Waals surface area contributed by atoms with Gasteiger partial charge in [-0.1, -0.05) is 13.0 Å². The number of amides is 2. The molecular weight excluding hydrogens is 342 g/mol. The number of aryl methyl sites for hydroxylation is 2. The minimum absolute atomic E-state index is 0.189. The molecule has 0 saturated carbocycles. The van der Waals surface area contributed by atoms with Crippen molar-refractivity contribution in [2.75, 3.05) is 17.6 Å². The lowest BCUT2D eigenvalue weighted by Crippen LogP contribution is -2.46. The molecule has 2 atom stereocenters. The molecule has 1 aliphatic rings. The fourth-order valence-corrected chi connectivity index (χ4v) is 3.33. The summed E-state index contributed by atoms with van der Waals surface area (Å²) in [6.07, 6.45) is 5.02. The van der Waals surface area contributed by atoms with Crippen LogP contribution >= 0.6 is 0 Å². The van der Waals surface area contributed by atoms with Gasteiger partial charge in [-0.3, -0.25) is 14.6 Å². The Morgan fingerprint density at radius 1 is 1.19 bits per heavy atom. The van der Waals surface area contributed by atoms with Gasteiger partial charge in [0.2, 0.25) is 0 Å². The van der Waals surface area contributed by atoms with Gasteiger partial charge in [0.1, 0.15) is 5.82 Å². The fourth-order valence-electron chi connectivity index (χ4n) is 3.33. The molecule has 7 heteroatoms. The molecule has 2 amide bonds. The molecule has 3 N–H and O–H groups in total. The fraction of sp³-hybridized carbons (Fsp3) is 0.400. The summed E-state index contributed by atoms with van der Waals surface area (Å²) < 4.78 is 0. The lowest BCUT2D eigenvalue weighted by molar-refractivity contribution is -0.146. The average molecular weight is 367 g/mol. The van der Waals surface area contributed by atoms with Gasteiger partial charge in [0.25, 0.3) is 0 Å². The third-order valence-electron chi connectivity index (χ3n) is 4.92. The van der Waals surface area contributed by atoms with Crippen molar-refractivity contribution in [2.45, 2.75) is 39.7 Å². The van der Waals surface area contributed by atoms with Crippen LogP contribution in [0.4, 0.5) is 11.5 Å². The predicted octanol–water partition coefficient (Wildman–Crippen LogP) is 2.61. The number of rotatable bonds is 2. The first-order valence-corrected chi connectivity index (χ1v) is 9.11. The van der Waals surface area contributed by atoms with Crippen LogP contribution in [0.15, 0.2) is 30.6 Å². The van der Waals surface area contributed by atoms with Crippen molar-refractivity contribution >= 4 is 23.3 Å². The highest BCUT2D eigenvalue weighted by atomic mass is 16.2. The topological polar surface area (TPSA) is 101 Å². The summed E-state index contributed by atoms with van der Waals surface area (Å²) in [6, 6.07) is 5.42. The Morgan fingerprint density at radius 2 is 1.96 bits per heavy atom. The molecule has 0 aromatic carbocycles. The number of hydrogen-bond acceptors (Lipinski definition) is 5. The van der Waals surface area contributed by atoms with E-state index in [2.05, 4.69) is 22.2 Å². The number of anilines is 2. The summed E-state index contributed by atoms with van der Waals surface area (Å²) in [7, 11) is 0. The summed E-state index contributed by atoms with van der Waals surface area (Å²) in [5, 5.41) is 2.63. The Hall–Kier alpha value is -2.96. The van der Waals surface area contributed by atoms with Crippen molar-refractivity contribution in [3.05, 3.63) is 47.4 Å². The number of carbonyl (C=O) groups is 2. The maximum atomic E-state index is 12.9. The smallest absolute Gasteiger partial charge is 0.313 e. The van der Waals surface area contributed by atoms with Gasteiger partial charge in [-0.15, -0.1) is 0 Å². The van der Waals surface area contributed by atoms with Gasteiger partial charge >= 0.3 is 11.8 Å². The molecule has 1 fully saturated rings. The molecule has 1 aliphatic heterocycles. The zero-order chi connectivity index (χ0) is 19.6. The Balaban J connectivity index is 1.79. The van der Waals surface area contributed by atoms with E-state index in [-0.39, 0.29) is 6.04 Å². The zero-order valence-corrected chi connectivity index (χ0v) is 15.9. The second-order valence-electron chi connectivity index (χ2n) is 7.30. The van der Waals surface area contributed by atoms with Crippen LogP contribution in [0, 0.1) is 19.8 Å². The van der Waals surface area contributed by atoms with Crippen LogP contribution in [-0.2, 0) is 9.59 Å². The molecule has 0 aliphatic carbocycles. The van der Waals surface area contributed by atoms with Crippen molar-refractivity contribution < 1.29 is 9.59 Å². The van der Waals surface area contributed by atoms with Crippen molar-refractivity contribution in [1.29, 1.82) is 0 Å². The maximum Gasteiger partial charge on any atom is 0.313 e. The number of carbonyl (C=O) groups excluding carboxylic acids is 2. The number of piperidine rings is 1. The maximum absolute atomic E-state index is 12.9. The van der Waals surface area contributed by atoms with Gasteiger partial charge in [0, 0.05) is 12.7 Å². The van der Waals surface area contributed by atoms with Gasteiger partial charge in [0.15, 0.2) is 0 Å². The first kappa shape index (κ1) is 18.8. The standard InChI is InChI=1S/C20H25N5O2/c1-12-4-6-16(22-9-12)17-7-5-13(2)11-25(17)20(27)19(26)24-15-8-14(3)18(21)23-10-15/h4,6,8-10,13,17H,5,7,11H2,1-3H3,(H2,21,23)(H,24,26)/t13-,17-/m1/s1. The van der Waals surface area contributed by atoms with Crippen LogP contribution in [0.2, 0.25) is 0 Å². The number of nitrogens with two attached hydrogens (primary N) is 1. The molecule has 7 nitrogen and oxygen atoms in total. The third-order valence-corrected chi connectivity index (χ3v) is 4.92. The number of aromatic nitrogens is 2. The SMILES string of the molecule is Cc1ccc([C@H]2CC[C@@H](C)CN2C(=O)C(=O)Nc2cnc(N)c(C)c2)nc1. The van der Waals surface area contributed by atoms with Crippen LogP contribution in [0.5, 0.6) is 0 Å². The number of pyridine rings is 2. The van der Waals surface area contributed by atoms with Crippen molar-refractivity contribution in [3.8, 4) is 0 Å². The molecular formula is C20H25N5O2. The van der Waals surface area contributed by atoms with E-state index in [4.69, 9.17) is 5.73 Å². The van der Waals surface area contributed by atoms with Gasteiger partial charge in [-0.05, 0) is 55.9 Å². The van der Waals surface area contributed by atoms with E-state index in [1.807, 2.05) is 19.1 Å². The van der Waals surface area contributed by atoms with Crippen LogP contribution in [-0.4, -0.2) is 33.2 Å². The number of nitrogens with zero attached hydrogens (tertiary/aromatic N) is 3. The van der Waals surface area contributed by atoms with Crippen molar-refractivity contribution in [3.63, 3.8) is 0 Å². The largest absolute Gasteiger partial charge is 0.383 e. The molecule has 0 unspecified atom stereocenters. The number of nitrogens with one attached hydrogen (secondary N) is 1. The summed E-state index contributed by atoms with van der Waals surface area (Å²) in [6.45, 7) is 6.39. The first-order valence-electron chi connectivity index (χ1n) is 9.11. The molecule has 0 radical (unpaired) electrons. The van der Waals surface area contributed by atoms with E-state index in [0.717, 1.165) is 29.7 Å². The Bertz CT molecular complexity index is 850. The summed E-state index contributed by atoms with van der Waals surface area (Å²) in [5.74, 6) is -0.492. The summed E-state index contributed by atoms with van der Waals surface area (Å²) in [5.41, 5.74) is 8.77. The average Bonchev–Trinajstić information content (AvgIpc) is 2.65. The minimum atomic E-state index is -0.674. The van der Waals surface area contributed by atoms with Crippen LogP contribution in [0.3, 0.4) is 0 Å². The molecule has 2 aromatic rings. The molecule has 0 spiro atoms. The first-order chi connectivity index (χ1) is 12.8. The Labute approximate surface area is 159 Å². The van der Waals surface area contributed by atoms with E-state index in [0.29, 0.717) is 24.0 Å². The Morgan fingerprint density at radius 3 is 2.63 bits per heavy atom. The normalized spacial score (nSPS) is 19.6. The highest BCUT2D eigenvalue weighted by Crippen LogP contribution is 2.32. The minimum Gasteiger partial charge on any atom is -0.383 e. The van der Waals surface area contributed by atoms with Gasteiger partial charge in [-0.2, -0.15) is 0 Å². The monoisotopic (exact) mass is 367 g/mol. The van der Waals surface area contributed by atoms with E-state index in [9.17, 15) is 9.59 Å². The highest BCUT2D eigenvalue weighted by molar-refractivity contribution is 6.39. The lowest BCUT2D eigenvalue weighted by atomic mass is 9.92. The van der Waals surface area contributed by atoms with Crippen LogP contribution < -0.4 is 11.1 Å². The molecule has 142 valence electrons. The molecule has 27 heavy (non-hydrogen) atoms. The zero-order valence-electron chi connectivity index (χ0n) is 15.9. The van der Waals surface area contributed by atoms with Crippen molar-refractivity contribution in [1.82, 2.24) is 14.9 Å². The van der Waals surface area contributed by atoms with E-state index in [1.54, 1.807) is 24.1 Å². The third kappa shape index (κ3) is 4.24. The van der Waals surface area contributed by atoms with Gasteiger partial charge < -0.3 is 16.0 Å². The molecule has 1 saturated heterocycles. The number of likely N-dealkylation sites (tertiary alicyclic amines) is 1. The second kappa shape index (κ2) is 7.73. The quantitative estimate of drug-likeness (QED) is 0.795. The van der Waals surface area contributed by atoms with Crippen LogP contribution in [0.1, 0.15) is 42.6 Å².